The third-order valence-corrected chi connectivity index (χ3v) is 10.3. The Hall–Kier alpha value is -2.84. The first-order chi connectivity index (χ1) is 15.4. The van der Waals surface area contributed by atoms with Crippen LogP contribution in [0.25, 0.3) is 0 Å². The van der Waals surface area contributed by atoms with Crippen LogP contribution < -0.4 is 9.74 Å². The largest absolute Gasteiger partial charge is 0.544 e. The highest BCUT2D eigenvalue weighted by molar-refractivity contribution is 6.74. The highest BCUT2D eigenvalue weighted by Gasteiger charge is 2.39. The van der Waals surface area contributed by atoms with Crippen LogP contribution in [0.3, 0.4) is 0 Å². The van der Waals surface area contributed by atoms with Crippen LogP contribution in [-0.4, -0.2) is 45.6 Å². The second-order valence-corrected chi connectivity index (χ2v) is 14.2. The second-order valence-electron chi connectivity index (χ2n) is 9.49. The van der Waals surface area contributed by atoms with Gasteiger partial charge in [0.2, 0.25) is 8.32 Å². The lowest BCUT2D eigenvalue weighted by Gasteiger charge is -2.36. The highest BCUT2D eigenvalue weighted by Crippen LogP contribution is 2.37. The molecule has 0 heterocycles. The van der Waals surface area contributed by atoms with Crippen molar-refractivity contribution in [2.24, 2.45) is 0 Å². The molecule has 2 aromatic rings. The Morgan fingerprint density at radius 3 is 2.15 bits per heavy atom. The van der Waals surface area contributed by atoms with E-state index in [1.165, 1.54) is 14.2 Å². The van der Waals surface area contributed by atoms with Crippen molar-refractivity contribution in [3.05, 3.63) is 65.7 Å². The van der Waals surface area contributed by atoms with Crippen LogP contribution in [-0.2, 0) is 27.4 Å². The fraction of sp³-hybridized carbons (Fsp3) is 0.440. The molecule has 0 saturated carbocycles. The Morgan fingerprint density at radius 2 is 1.61 bits per heavy atom. The Kier molecular flexibility index (Phi) is 9.07. The Morgan fingerprint density at radius 1 is 1.00 bits per heavy atom. The summed E-state index contributed by atoms with van der Waals surface area (Å²) in [6, 6.07) is 16.1. The first kappa shape index (κ1) is 26.4. The van der Waals surface area contributed by atoms with Crippen molar-refractivity contribution in [1.82, 2.24) is 10.4 Å². The summed E-state index contributed by atoms with van der Waals surface area (Å²) in [7, 11) is 0.958. The molecule has 7 nitrogen and oxygen atoms in total. The molecule has 0 spiro atoms. The summed E-state index contributed by atoms with van der Waals surface area (Å²) in [4.78, 5) is 30.2. The van der Waals surface area contributed by atoms with Crippen molar-refractivity contribution in [2.75, 3.05) is 14.2 Å². The van der Waals surface area contributed by atoms with E-state index in [1.54, 1.807) is 0 Å². The third-order valence-electron chi connectivity index (χ3n) is 5.93. The zero-order chi connectivity index (χ0) is 24.6. The summed E-state index contributed by atoms with van der Waals surface area (Å²) in [5.74, 6) is 0.424. The van der Waals surface area contributed by atoms with Crippen molar-refractivity contribution in [3.8, 4) is 5.75 Å². The van der Waals surface area contributed by atoms with Gasteiger partial charge in [0.05, 0.1) is 7.11 Å². The average Bonchev–Trinajstić information content (AvgIpc) is 2.77. The predicted molar refractivity (Wildman–Crippen MR) is 131 cm³/mol. The molecule has 2 aromatic carbocycles. The summed E-state index contributed by atoms with van der Waals surface area (Å²) in [5, 5.41) is 3.86. The standard InChI is InChI=1S/C25H36N2O5Si/c1-25(2,3)33(6,7)32-21-15-13-19(14-16-21)17-22(23(28)27(4)30-5)26-24(29)31-18-20-11-9-8-10-12-20/h8-16,22H,17-18H2,1-7H3,(H,26,29). The molecule has 2 amide bonds. The molecule has 0 saturated heterocycles. The number of benzene rings is 2. The molecule has 0 aromatic heterocycles. The number of hydroxylamine groups is 2. The Balaban J connectivity index is 2.06. The lowest BCUT2D eigenvalue weighted by Crippen LogP contribution is -2.48. The molecular weight excluding hydrogens is 436 g/mol. The number of alkyl carbamates (subject to hydrolysis) is 1. The van der Waals surface area contributed by atoms with Crippen LogP contribution in [0.2, 0.25) is 18.1 Å². The third kappa shape index (κ3) is 7.90. The lowest BCUT2D eigenvalue weighted by molar-refractivity contribution is -0.170. The minimum atomic E-state index is -1.94. The van der Waals surface area contributed by atoms with Gasteiger partial charge in [-0.05, 0) is 41.4 Å². The summed E-state index contributed by atoms with van der Waals surface area (Å²) < 4.78 is 11.6. The number of rotatable bonds is 9. The molecule has 0 aliphatic carbocycles. The van der Waals surface area contributed by atoms with Crippen LogP contribution >= 0.6 is 0 Å². The monoisotopic (exact) mass is 472 g/mol. The number of nitrogens with one attached hydrogen (secondary N) is 1. The van der Waals surface area contributed by atoms with Crippen LogP contribution in [0.15, 0.2) is 54.6 Å². The number of hydrogen-bond donors (Lipinski definition) is 1. The Labute approximate surface area is 198 Å². The van der Waals surface area contributed by atoms with Gasteiger partial charge in [-0.2, -0.15) is 0 Å². The van der Waals surface area contributed by atoms with Crippen molar-refractivity contribution in [3.63, 3.8) is 0 Å². The van der Waals surface area contributed by atoms with Crippen molar-refractivity contribution in [2.45, 2.75) is 58.0 Å². The van der Waals surface area contributed by atoms with Crippen molar-refractivity contribution in [1.29, 1.82) is 0 Å². The van der Waals surface area contributed by atoms with Crippen LogP contribution in [0, 0.1) is 0 Å². The number of nitrogens with zero attached hydrogens (tertiary/aromatic N) is 1. The van der Waals surface area contributed by atoms with Gasteiger partial charge < -0.3 is 14.5 Å². The van der Waals surface area contributed by atoms with Gasteiger partial charge in [0, 0.05) is 13.5 Å². The maximum atomic E-state index is 12.8. The average molecular weight is 473 g/mol. The minimum absolute atomic E-state index is 0.0952. The molecule has 180 valence electrons. The molecule has 1 atom stereocenters. The van der Waals surface area contributed by atoms with Gasteiger partial charge in [-0.25, -0.2) is 9.86 Å². The molecule has 33 heavy (non-hydrogen) atoms. The van der Waals surface area contributed by atoms with E-state index in [-0.39, 0.29) is 24.0 Å². The van der Waals surface area contributed by atoms with E-state index in [0.717, 1.165) is 21.9 Å². The molecule has 0 aliphatic rings. The fourth-order valence-electron chi connectivity index (χ4n) is 2.79. The molecule has 2 rings (SSSR count). The molecule has 1 N–H and O–H groups in total. The number of amides is 2. The molecule has 0 fully saturated rings. The fourth-order valence-corrected chi connectivity index (χ4v) is 3.83. The molecule has 0 aliphatic heterocycles. The van der Waals surface area contributed by atoms with Gasteiger partial charge in [-0.1, -0.05) is 63.2 Å². The molecule has 0 bridgehead atoms. The summed E-state index contributed by atoms with van der Waals surface area (Å²) in [6.07, 6.45) is -0.382. The van der Waals surface area contributed by atoms with Gasteiger partial charge >= 0.3 is 6.09 Å². The topological polar surface area (TPSA) is 77.1 Å². The molecular formula is C25H36N2O5Si. The first-order valence-electron chi connectivity index (χ1n) is 11.0. The van der Waals surface area contributed by atoms with Gasteiger partial charge in [0.25, 0.3) is 5.91 Å². The van der Waals surface area contributed by atoms with Gasteiger partial charge in [0.1, 0.15) is 18.4 Å². The first-order valence-corrected chi connectivity index (χ1v) is 13.9. The van der Waals surface area contributed by atoms with Crippen LogP contribution in [0.4, 0.5) is 4.79 Å². The summed E-state index contributed by atoms with van der Waals surface area (Å²) in [6.45, 7) is 11.1. The lowest BCUT2D eigenvalue weighted by atomic mass is 10.1. The number of hydrogen-bond acceptors (Lipinski definition) is 5. The summed E-state index contributed by atoms with van der Waals surface area (Å²) >= 11 is 0. The number of ether oxygens (including phenoxy) is 1. The van der Waals surface area contributed by atoms with Gasteiger partial charge in [-0.3, -0.25) is 9.63 Å². The number of carbonyl (C=O) groups excluding carboxylic acids is 2. The normalized spacial score (nSPS) is 12.6. The SMILES string of the molecule is CON(C)C(=O)C(Cc1ccc(O[Si](C)(C)C(C)(C)C)cc1)NC(=O)OCc1ccccc1. The highest BCUT2D eigenvalue weighted by atomic mass is 28.4. The zero-order valence-electron chi connectivity index (χ0n) is 20.7. The quantitative estimate of drug-likeness (QED) is 0.414. The maximum absolute atomic E-state index is 12.8. The second kappa shape index (κ2) is 11.3. The van der Waals surface area contributed by atoms with Gasteiger partial charge in [-0.15, -0.1) is 0 Å². The number of carbonyl (C=O) groups is 2. The van der Waals surface area contributed by atoms with E-state index in [9.17, 15) is 9.59 Å². The van der Waals surface area contributed by atoms with E-state index in [0.29, 0.717) is 0 Å². The maximum Gasteiger partial charge on any atom is 0.408 e. The van der Waals surface area contributed by atoms with E-state index < -0.39 is 20.5 Å². The van der Waals surface area contributed by atoms with Crippen molar-refractivity contribution >= 4 is 20.3 Å². The Bertz CT molecular complexity index is 911. The van der Waals surface area contributed by atoms with E-state index in [4.69, 9.17) is 14.0 Å². The minimum Gasteiger partial charge on any atom is -0.544 e. The predicted octanol–water partition coefficient (Wildman–Crippen LogP) is 4.93. The van der Waals surface area contributed by atoms with Crippen LogP contribution in [0.5, 0.6) is 5.75 Å². The van der Waals surface area contributed by atoms with E-state index in [2.05, 4.69) is 39.2 Å². The number of likely N-dealkylation sites (N-methyl/N-ethyl adjacent to an activating group) is 1. The zero-order valence-corrected chi connectivity index (χ0v) is 21.7. The smallest absolute Gasteiger partial charge is 0.408 e. The summed E-state index contributed by atoms with van der Waals surface area (Å²) in [5.41, 5.74) is 1.74. The van der Waals surface area contributed by atoms with E-state index in [1.807, 2.05) is 54.6 Å². The molecule has 0 radical (unpaired) electrons. The molecule has 1 unspecified atom stereocenters. The van der Waals surface area contributed by atoms with E-state index >= 15 is 0 Å². The van der Waals surface area contributed by atoms with Gasteiger partial charge in [0.15, 0.2) is 0 Å². The molecule has 8 heteroatoms. The van der Waals surface area contributed by atoms with Crippen LogP contribution in [0.1, 0.15) is 31.9 Å². The van der Waals surface area contributed by atoms with Crippen molar-refractivity contribution < 1.29 is 23.6 Å².